The van der Waals surface area contributed by atoms with Gasteiger partial charge in [-0.15, -0.1) is 0 Å². The molecule has 1 aromatic heterocycles. The molecule has 0 radical (unpaired) electrons. The first-order valence-corrected chi connectivity index (χ1v) is 5.04. The standard InChI is InChI=1S/C13H9F2NO/c14-11-2-1-3-12(15)10(11)8-13(17)9-4-6-16-7-5-9/h1-7H,8H2. The number of ketones is 1. The van der Waals surface area contributed by atoms with Crippen molar-refractivity contribution in [2.24, 2.45) is 0 Å². The predicted octanol–water partition coefficient (Wildman–Crippen LogP) is 2.79. The van der Waals surface area contributed by atoms with Crippen LogP contribution in [0.2, 0.25) is 0 Å². The molecule has 4 heteroatoms. The summed E-state index contributed by atoms with van der Waals surface area (Å²) in [6, 6.07) is 6.57. The van der Waals surface area contributed by atoms with Crippen molar-refractivity contribution >= 4 is 5.78 Å². The van der Waals surface area contributed by atoms with Crippen LogP contribution in [-0.2, 0) is 6.42 Å². The maximum absolute atomic E-state index is 13.3. The van der Waals surface area contributed by atoms with Crippen LogP contribution < -0.4 is 0 Å². The van der Waals surface area contributed by atoms with Gasteiger partial charge in [-0.3, -0.25) is 9.78 Å². The lowest BCUT2D eigenvalue weighted by Gasteiger charge is -2.04. The van der Waals surface area contributed by atoms with Crippen LogP contribution in [0, 0.1) is 11.6 Å². The number of hydrogen-bond donors (Lipinski definition) is 0. The summed E-state index contributed by atoms with van der Waals surface area (Å²) in [6.07, 6.45) is 2.64. The predicted molar refractivity (Wildman–Crippen MR) is 58.6 cm³/mol. The minimum Gasteiger partial charge on any atom is -0.294 e. The highest BCUT2D eigenvalue weighted by Crippen LogP contribution is 2.14. The summed E-state index contributed by atoms with van der Waals surface area (Å²) in [4.78, 5) is 15.5. The minimum atomic E-state index is -0.701. The van der Waals surface area contributed by atoms with E-state index >= 15 is 0 Å². The number of hydrogen-bond acceptors (Lipinski definition) is 2. The zero-order chi connectivity index (χ0) is 12.3. The fraction of sp³-hybridized carbons (Fsp3) is 0.0769. The Hall–Kier alpha value is -2.10. The third kappa shape index (κ3) is 2.53. The summed E-state index contributed by atoms with van der Waals surface area (Å²) in [5, 5.41) is 0. The summed E-state index contributed by atoms with van der Waals surface area (Å²) < 4.78 is 26.6. The molecule has 17 heavy (non-hydrogen) atoms. The molecule has 2 nitrogen and oxygen atoms in total. The van der Waals surface area contributed by atoms with Crippen LogP contribution in [0.1, 0.15) is 15.9 Å². The van der Waals surface area contributed by atoms with E-state index in [4.69, 9.17) is 0 Å². The van der Waals surface area contributed by atoms with Gasteiger partial charge in [0.25, 0.3) is 0 Å². The van der Waals surface area contributed by atoms with Crippen LogP contribution in [0.5, 0.6) is 0 Å². The van der Waals surface area contributed by atoms with Crippen molar-refractivity contribution in [1.29, 1.82) is 0 Å². The SMILES string of the molecule is O=C(Cc1c(F)cccc1F)c1ccncc1. The molecule has 0 unspecified atom stereocenters. The Morgan fingerprint density at radius 3 is 2.24 bits per heavy atom. The van der Waals surface area contributed by atoms with E-state index in [-0.39, 0.29) is 17.8 Å². The number of Topliss-reactive ketones (excluding diaryl/α,β-unsaturated/α-hetero) is 1. The zero-order valence-corrected chi connectivity index (χ0v) is 8.86. The second kappa shape index (κ2) is 4.82. The Balaban J connectivity index is 2.25. The summed E-state index contributed by atoms with van der Waals surface area (Å²) in [5.74, 6) is -1.74. The summed E-state index contributed by atoms with van der Waals surface area (Å²) in [7, 11) is 0. The highest BCUT2D eigenvalue weighted by atomic mass is 19.1. The molecule has 0 aliphatic carbocycles. The Kier molecular flexibility index (Phi) is 3.23. The molecule has 0 atom stereocenters. The number of nitrogens with zero attached hydrogens (tertiary/aromatic N) is 1. The van der Waals surface area contributed by atoms with Gasteiger partial charge in [0, 0.05) is 29.9 Å². The minimum absolute atomic E-state index is 0.200. The van der Waals surface area contributed by atoms with Gasteiger partial charge in [0.05, 0.1) is 0 Å². The van der Waals surface area contributed by atoms with E-state index in [0.717, 1.165) is 12.1 Å². The van der Waals surface area contributed by atoms with Gasteiger partial charge in [0.2, 0.25) is 0 Å². The number of pyridine rings is 1. The maximum Gasteiger partial charge on any atom is 0.167 e. The highest BCUT2D eigenvalue weighted by Gasteiger charge is 2.14. The zero-order valence-electron chi connectivity index (χ0n) is 8.86. The molecule has 0 aliphatic rings. The molecule has 1 heterocycles. The van der Waals surface area contributed by atoms with Crippen LogP contribution in [0.4, 0.5) is 8.78 Å². The van der Waals surface area contributed by atoms with Crippen molar-refractivity contribution in [3.8, 4) is 0 Å². The van der Waals surface area contributed by atoms with E-state index in [0.29, 0.717) is 5.56 Å². The van der Waals surface area contributed by atoms with Crippen LogP contribution >= 0.6 is 0 Å². The molecule has 2 aromatic rings. The fourth-order valence-electron chi connectivity index (χ4n) is 1.50. The van der Waals surface area contributed by atoms with Crippen molar-refractivity contribution in [3.63, 3.8) is 0 Å². The van der Waals surface area contributed by atoms with Gasteiger partial charge in [0.1, 0.15) is 11.6 Å². The van der Waals surface area contributed by atoms with E-state index in [1.165, 1.54) is 30.6 Å². The van der Waals surface area contributed by atoms with Gasteiger partial charge in [-0.05, 0) is 24.3 Å². The molecular weight excluding hydrogens is 224 g/mol. The lowest BCUT2D eigenvalue weighted by molar-refractivity contribution is 0.0990. The van der Waals surface area contributed by atoms with Crippen LogP contribution in [0.15, 0.2) is 42.7 Å². The summed E-state index contributed by atoms with van der Waals surface area (Å²) >= 11 is 0. The van der Waals surface area contributed by atoms with Crippen molar-refractivity contribution in [2.75, 3.05) is 0 Å². The molecule has 1 aromatic carbocycles. The van der Waals surface area contributed by atoms with Crippen LogP contribution in [0.25, 0.3) is 0 Å². The molecule has 0 aliphatic heterocycles. The lowest BCUT2D eigenvalue weighted by atomic mass is 10.0. The molecule has 0 saturated carbocycles. The number of rotatable bonds is 3. The van der Waals surface area contributed by atoms with Gasteiger partial charge in [-0.25, -0.2) is 8.78 Å². The number of halogens is 2. The third-order valence-corrected chi connectivity index (χ3v) is 2.40. The van der Waals surface area contributed by atoms with Gasteiger partial charge in [-0.2, -0.15) is 0 Å². The van der Waals surface area contributed by atoms with Gasteiger partial charge >= 0.3 is 0 Å². The van der Waals surface area contributed by atoms with Gasteiger partial charge < -0.3 is 0 Å². The average molecular weight is 233 g/mol. The second-order valence-corrected chi connectivity index (χ2v) is 3.54. The van der Waals surface area contributed by atoms with Crippen molar-refractivity contribution in [1.82, 2.24) is 4.98 Å². The van der Waals surface area contributed by atoms with Gasteiger partial charge in [0.15, 0.2) is 5.78 Å². The first-order valence-electron chi connectivity index (χ1n) is 5.04. The summed E-state index contributed by atoms with van der Waals surface area (Å²) in [6.45, 7) is 0. The Morgan fingerprint density at radius 1 is 1.06 bits per heavy atom. The Bertz CT molecular complexity index is 520. The molecule has 2 rings (SSSR count). The molecular formula is C13H9F2NO. The summed E-state index contributed by atoms with van der Waals surface area (Å²) in [5.41, 5.74) is 0.192. The highest BCUT2D eigenvalue weighted by molar-refractivity contribution is 5.97. The second-order valence-electron chi connectivity index (χ2n) is 3.54. The lowest BCUT2D eigenvalue weighted by Crippen LogP contribution is -2.07. The first kappa shape index (κ1) is 11.4. The van der Waals surface area contributed by atoms with Crippen LogP contribution in [0.3, 0.4) is 0 Å². The molecule has 0 saturated heterocycles. The van der Waals surface area contributed by atoms with E-state index in [1.54, 1.807) is 0 Å². The van der Waals surface area contributed by atoms with E-state index in [1.807, 2.05) is 0 Å². The topological polar surface area (TPSA) is 30.0 Å². The van der Waals surface area contributed by atoms with Crippen molar-refractivity contribution in [2.45, 2.75) is 6.42 Å². The number of carbonyl (C=O) groups excluding carboxylic acids is 1. The molecule has 0 fully saturated rings. The Labute approximate surface area is 96.9 Å². The molecule has 0 amide bonds. The number of benzene rings is 1. The largest absolute Gasteiger partial charge is 0.294 e. The first-order chi connectivity index (χ1) is 8.18. The number of carbonyl (C=O) groups is 1. The van der Waals surface area contributed by atoms with Gasteiger partial charge in [-0.1, -0.05) is 6.07 Å². The maximum atomic E-state index is 13.3. The van der Waals surface area contributed by atoms with E-state index in [9.17, 15) is 13.6 Å². The molecule has 0 bridgehead atoms. The molecule has 0 N–H and O–H groups in total. The van der Waals surface area contributed by atoms with Crippen molar-refractivity contribution in [3.05, 3.63) is 65.5 Å². The normalized spacial score (nSPS) is 10.2. The molecule has 0 spiro atoms. The monoisotopic (exact) mass is 233 g/mol. The molecule has 86 valence electrons. The van der Waals surface area contributed by atoms with E-state index < -0.39 is 11.6 Å². The fourth-order valence-corrected chi connectivity index (χ4v) is 1.50. The van der Waals surface area contributed by atoms with Crippen molar-refractivity contribution < 1.29 is 13.6 Å². The Morgan fingerprint density at radius 2 is 1.65 bits per heavy atom. The average Bonchev–Trinajstić information content (AvgIpc) is 2.35. The van der Waals surface area contributed by atoms with Crippen LogP contribution in [-0.4, -0.2) is 10.8 Å². The smallest absolute Gasteiger partial charge is 0.167 e. The third-order valence-electron chi connectivity index (χ3n) is 2.40. The quantitative estimate of drug-likeness (QED) is 0.763. The van der Waals surface area contributed by atoms with E-state index in [2.05, 4.69) is 4.98 Å². The number of aromatic nitrogens is 1.